The minimum atomic E-state index is 0.409. The Morgan fingerprint density at radius 3 is 2.94 bits per heavy atom. The Bertz CT molecular complexity index is 595. The molecule has 0 atom stereocenters. The summed E-state index contributed by atoms with van der Waals surface area (Å²) in [5.74, 6) is 0.609. The smallest absolute Gasteiger partial charge is 0.153 e. The van der Waals surface area contributed by atoms with Crippen LogP contribution in [0.3, 0.4) is 0 Å². The second-order valence-electron chi connectivity index (χ2n) is 4.09. The minimum absolute atomic E-state index is 0.409. The van der Waals surface area contributed by atoms with Gasteiger partial charge in [0.25, 0.3) is 0 Å². The molecule has 0 aromatic carbocycles. The molecular formula is C12H14N6. The highest BCUT2D eigenvalue weighted by Crippen LogP contribution is 2.23. The van der Waals surface area contributed by atoms with Crippen molar-refractivity contribution < 1.29 is 0 Å². The molecule has 6 nitrogen and oxygen atoms in total. The maximum absolute atomic E-state index is 8.93. The van der Waals surface area contributed by atoms with Crippen molar-refractivity contribution in [2.45, 2.75) is 6.54 Å². The third kappa shape index (κ3) is 2.25. The van der Waals surface area contributed by atoms with Gasteiger partial charge >= 0.3 is 0 Å². The Balaban J connectivity index is 2.24. The van der Waals surface area contributed by atoms with E-state index in [2.05, 4.69) is 16.2 Å². The number of nitriles is 1. The van der Waals surface area contributed by atoms with Crippen molar-refractivity contribution in [1.29, 1.82) is 5.26 Å². The molecule has 0 amide bonds. The van der Waals surface area contributed by atoms with Crippen molar-refractivity contribution in [2.24, 2.45) is 7.05 Å². The zero-order valence-corrected chi connectivity index (χ0v) is 10.3. The van der Waals surface area contributed by atoms with Crippen LogP contribution in [0, 0.1) is 11.3 Å². The molecule has 2 aromatic heterocycles. The van der Waals surface area contributed by atoms with Gasteiger partial charge in [0.1, 0.15) is 6.07 Å². The number of rotatable bonds is 3. The summed E-state index contributed by atoms with van der Waals surface area (Å²) >= 11 is 0. The summed E-state index contributed by atoms with van der Waals surface area (Å²) in [7, 11) is 3.75. The first-order valence-corrected chi connectivity index (χ1v) is 5.45. The van der Waals surface area contributed by atoms with E-state index in [0.717, 1.165) is 5.56 Å². The number of anilines is 2. The lowest BCUT2D eigenvalue weighted by molar-refractivity contribution is 0.766. The van der Waals surface area contributed by atoms with Crippen LogP contribution in [0.2, 0.25) is 0 Å². The quantitative estimate of drug-likeness (QED) is 0.864. The third-order valence-electron chi connectivity index (χ3n) is 2.63. The summed E-state index contributed by atoms with van der Waals surface area (Å²) in [5.41, 5.74) is 7.82. The van der Waals surface area contributed by atoms with Gasteiger partial charge in [0, 0.05) is 38.6 Å². The van der Waals surface area contributed by atoms with Crippen LogP contribution in [0.4, 0.5) is 11.5 Å². The fraction of sp³-hybridized carbons (Fsp3) is 0.250. The van der Waals surface area contributed by atoms with E-state index in [1.165, 1.54) is 0 Å². The van der Waals surface area contributed by atoms with Crippen molar-refractivity contribution >= 4 is 11.5 Å². The molecule has 0 saturated heterocycles. The van der Waals surface area contributed by atoms with Crippen molar-refractivity contribution in [3.63, 3.8) is 0 Å². The first-order chi connectivity index (χ1) is 8.61. The van der Waals surface area contributed by atoms with Gasteiger partial charge in [-0.2, -0.15) is 10.4 Å². The zero-order valence-electron chi connectivity index (χ0n) is 10.3. The van der Waals surface area contributed by atoms with Crippen LogP contribution < -0.4 is 10.6 Å². The molecular weight excluding hydrogens is 228 g/mol. The van der Waals surface area contributed by atoms with Gasteiger partial charge in [0.2, 0.25) is 0 Å². The number of aromatic nitrogens is 3. The van der Waals surface area contributed by atoms with Crippen LogP contribution in [-0.2, 0) is 13.6 Å². The predicted octanol–water partition coefficient (Wildman–Crippen LogP) is 0.905. The number of pyridine rings is 1. The molecule has 2 N–H and O–H groups in total. The summed E-state index contributed by atoms with van der Waals surface area (Å²) in [4.78, 5) is 6.11. The minimum Gasteiger partial charge on any atom is -0.395 e. The van der Waals surface area contributed by atoms with Gasteiger partial charge in [0.05, 0.1) is 17.4 Å². The fourth-order valence-electron chi connectivity index (χ4n) is 1.77. The summed E-state index contributed by atoms with van der Waals surface area (Å²) in [6.45, 7) is 0.639. The number of nitrogens with zero attached hydrogens (tertiary/aromatic N) is 5. The Labute approximate surface area is 105 Å². The maximum Gasteiger partial charge on any atom is 0.153 e. The van der Waals surface area contributed by atoms with E-state index in [-0.39, 0.29) is 0 Å². The van der Waals surface area contributed by atoms with E-state index >= 15 is 0 Å². The van der Waals surface area contributed by atoms with Crippen molar-refractivity contribution in [3.05, 3.63) is 35.8 Å². The lowest BCUT2D eigenvalue weighted by Crippen LogP contribution is -2.19. The van der Waals surface area contributed by atoms with Crippen LogP contribution in [-0.4, -0.2) is 21.8 Å². The highest BCUT2D eigenvalue weighted by molar-refractivity contribution is 5.69. The lowest BCUT2D eigenvalue weighted by atomic mass is 10.2. The topological polar surface area (TPSA) is 83.8 Å². The fourth-order valence-corrected chi connectivity index (χ4v) is 1.77. The van der Waals surface area contributed by atoms with Crippen LogP contribution in [0.15, 0.2) is 24.7 Å². The van der Waals surface area contributed by atoms with Gasteiger partial charge in [-0.05, 0) is 6.07 Å². The second-order valence-corrected chi connectivity index (χ2v) is 4.09. The molecule has 0 aliphatic rings. The number of aryl methyl sites for hydroxylation is 1. The molecule has 0 aliphatic heterocycles. The van der Waals surface area contributed by atoms with Gasteiger partial charge in [0.15, 0.2) is 5.82 Å². The summed E-state index contributed by atoms with van der Waals surface area (Å²) in [5, 5.41) is 13.0. The van der Waals surface area contributed by atoms with Crippen molar-refractivity contribution in [3.8, 4) is 6.07 Å². The van der Waals surface area contributed by atoms with Gasteiger partial charge in [-0.3, -0.25) is 4.68 Å². The molecule has 2 aromatic rings. The molecule has 0 unspecified atom stereocenters. The second kappa shape index (κ2) is 4.75. The molecule has 6 heteroatoms. The molecule has 18 heavy (non-hydrogen) atoms. The normalized spacial score (nSPS) is 10.1. The summed E-state index contributed by atoms with van der Waals surface area (Å²) in [6, 6.07) is 3.66. The van der Waals surface area contributed by atoms with E-state index in [9.17, 15) is 0 Å². The summed E-state index contributed by atoms with van der Waals surface area (Å²) in [6.07, 6.45) is 5.31. The molecule has 0 fully saturated rings. The average Bonchev–Trinajstić information content (AvgIpc) is 2.75. The molecule has 0 saturated carbocycles. The highest BCUT2D eigenvalue weighted by Gasteiger charge is 2.11. The van der Waals surface area contributed by atoms with Gasteiger partial charge in [-0.1, -0.05) is 0 Å². The zero-order chi connectivity index (χ0) is 13.1. The van der Waals surface area contributed by atoms with Crippen LogP contribution in [0.5, 0.6) is 0 Å². The largest absolute Gasteiger partial charge is 0.395 e. The van der Waals surface area contributed by atoms with Gasteiger partial charge in [-0.25, -0.2) is 4.98 Å². The van der Waals surface area contributed by atoms with E-state index < -0.39 is 0 Å². The Morgan fingerprint density at radius 2 is 2.33 bits per heavy atom. The Hall–Kier alpha value is -2.55. The van der Waals surface area contributed by atoms with E-state index in [0.29, 0.717) is 23.6 Å². The Kier molecular flexibility index (Phi) is 3.15. The van der Waals surface area contributed by atoms with Crippen LogP contribution in [0.25, 0.3) is 0 Å². The monoisotopic (exact) mass is 242 g/mol. The molecule has 0 bridgehead atoms. The van der Waals surface area contributed by atoms with E-state index in [1.807, 2.05) is 25.2 Å². The highest BCUT2D eigenvalue weighted by atomic mass is 15.2. The van der Waals surface area contributed by atoms with Crippen molar-refractivity contribution in [2.75, 3.05) is 17.7 Å². The van der Waals surface area contributed by atoms with Crippen LogP contribution in [0.1, 0.15) is 11.1 Å². The SMILES string of the molecule is CN(Cc1cnn(C)c1)c1nccc(C#N)c1N. The first-order valence-electron chi connectivity index (χ1n) is 5.45. The molecule has 0 spiro atoms. The predicted molar refractivity (Wildman–Crippen MR) is 68.7 cm³/mol. The number of hydrogen-bond acceptors (Lipinski definition) is 5. The lowest BCUT2D eigenvalue weighted by Gasteiger charge is -2.19. The molecule has 2 heterocycles. The van der Waals surface area contributed by atoms with Crippen molar-refractivity contribution in [1.82, 2.24) is 14.8 Å². The summed E-state index contributed by atoms with van der Waals surface area (Å²) < 4.78 is 1.74. The number of nitrogens with two attached hydrogens (primary N) is 1. The van der Waals surface area contributed by atoms with Gasteiger partial charge < -0.3 is 10.6 Å². The first kappa shape index (κ1) is 11.9. The molecule has 0 aliphatic carbocycles. The maximum atomic E-state index is 8.93. The van der Waals surface area contributed by atoms with Gasteiger partial charge in [-0.15, -0.1) is 0 Å². The number of hydrogen-bond donors (Lipinski definition) is 1. The van der Waals surface area contributed by atoms with E-state index in [4.69, 9.17) is 11.0 Å². The number of nitrogen functional groups attached to an aromatic ring is 1. The van der Waals surface area contributed by atoms with Crippen LogP contribution >= 0.6 is 0 Å². The average molecular weight is 242 g/mol. The third-order valence-corrected chi connectivity index (χ3v) is 2.63. The molecule has 92 valence electrons. The Morgan fingerprint density at radius 1 is 1.56 bits per heavy atom. The standard InChI is InChI=1S/C12H14N6/c1-17(7-9-6-16-18(2)8-9)12-11(14)10(5-13)3-4-15-12/h3-4,6,8H,7,14H2,1-2H3. The van der Waals surface area contributed by atoms with E-state index in [1.54, 1.807) is 23.1 Å². The molecule has 0 radical (unpaired) electrons. The molecule has 2 rings (SSSR count).